The second-order valence-corrected chi connectivity index (χ2v) is 15.1. The lowest BCUT2D eigenvalue weighted by molar-refractivity contribution is 0.669. The molecule has 0 aliphatic carbocycles. The van der Waals surface area contributed by atoms with E-state index >= 15 is 0 Å². The Kier molecular flexibility index (Phi) is 7.64. The van der Waals surface area contributed by atoms with E-state index in [1.165, 1.54) is 20.3 Å². The predicted molar refractivity (Wildman–Crippen MR) is 233 cm³/mol. The largest absolute Gasteiger partial charge is 0.456 e. The third kappa shape index (κ3) is 5.56. The second-order valence-electron chi connectivity index (χ2n) is 14.0. The Morgan fingerprint density at radius 1 is 0.321 bits per heavy atom. The first kappa shape index (κ1) is 32.2. The molecule has 11 rings (SSSR count). The van der Waals surface area contributed by atoms with E-state index in [-0.39, 0.29) is 0 Å². The minimum atomic E-state index is 0.641. The number of rotatable bonds is 6. The number of thiophene rings is 1. The summed E-state index contributed by atoms with van der Waals surface area (Å²) in [6, 6.07) is 65.7. The zero-order valence-electron chi connectivity index (χ0n) is 30.1. The molecule has 0 amide bonds. The van der Waals surface area contributed by atoms with Crippen LogP contribution in [0.1, 0.15) is 0 Å². The second kappa shape index (κ2) is 13.3. The summed E-state index contributed by atoms with van der Waals surface area (Å²) in [5, 5.41) is 4.59. The number of fused-ring (bicyclic) bond motifs is 6. The fraction of sp³-hybridized carbons (Fsp3) is 0. The van der Waals surface area contributed by atoms with Gasteiger partial charge < -0.3 is 4.42 Å². The van der Waals surface area contributed by atoms with Crippen molar-refractivity contribution in [3.8, 4) is 67.5 Å². The Morgan fingerprint density at radius 2 is 0.911 bits per heavy atom. The lowest BCUT2D eigenvalue weighted by atomic mass is 9.94. The molecule has 0 spiro atoms. The van der Waals surface area contributed by atoms with Crippen molar-refractivity contribution >= 4 is 53.4 Å². The zero-order valence-corrected chi connectivity index (χ0v) is 30.9. The highest BCUT2D eigenvalue weighted by Gasteiger charge is 2.19. The lowest BCUT2D eigenvalue weighted by Gasteiger charge is -2.10. The number of benzene rings is 8. The van der Waals surface area contributed by atoms with Gasteiger partial charge in [0.25, 0.3) is 0 Å². The van der Waals surface area contributed by atoms with Gasteiger partial charge in [0, 0.05) is 47.6 Å². The molecule has 0 radical (unpaired) electrons. The SMILES string of the molecule is c1ccc(-c2ccc(-c3nc(-c4ccccc4)nc(-c4cccc5sc6cc(-c7cc(-c8ccccc8)c8c(c7)oc7ccccc78)ccc6c45)n3)cc2)cc1. The summed E-state index contributed by atoms with van der Waals surface area (Å²) >= 11 is 1.79. The van der Waals surface area contributed by atoms with Crippen LogP contribution >= 0.6 is 11.3 Å². The molecule has 0 saturated heterocycles. The van der Waals surface area contributed by atoms with Gasteiger partial charge in [-0.15, -0.1) is 11.3 Å². The van der Waals surface area contributed by atoms with Gasteiger partial charge in [-0.1, -0.05) is 158 Å². The molecule has 56 heavy (non-hydrogen) atoms. The van der Waals surface area contributed by atoms with Crippen LogP contribution in [0.5, 0.6) is 0 Å². The molecule has 5 heteroatoms. The molecule has 262 valence electrons. The van der Waals surface area contributed by atoms with Crippen molar-refractivity contribution in [2.24, 2.45) is 0 Å². The smallest absolute Gasteiger partial charge is 0.164 e. The molecule has 11 aromatic rings. The van der Waals surface area contributed by atoms with Crippen molar-refractivity contribution in [3.05, 3.63) is 188 Å². The fourth-order valence-corrected chi connectivity index (χ4v) is 9.01. The Morgan fingerprint density at radius 3 is 1.66 bits per heavy atom. The summed E-state index contributed by atoms with van der Waals surface area (Å²) in [4.78, 5) is 15.3. The van der Waals surface area contributed by atoms with E-state index in [2.05, 4.69) is 152 Å². The first-order valence-corrected chi connectivity index (χ1v) is 19.5. The van der Waals surface area contributed by atoms with Gasteiger partial charge in [-0.3, -0.25) is 0 Å². The molecule has 0 aliphatic rings. The van der Waals surface area contributed by atoms with E-state index in [1.807, 2.05) is 36.4 Å². The van der Waals surface area contributed by atoms with Crippen LogP contribution in [0.15, 0.2) is 192 Å². The van der Waals surface area contributed by atoms with Crippen molar-refractivity contribution in [2.45, 2.75) is 0 Å². The van der Waals surface area contributed by atoms with Gasteiger partial charge in [0.05, 0.1) is 0 Å². The van der Waals surface area contributed by atoms with Gasteiger partial charge in [-0.25, -0.2) is 15.0 Å². The number of nitrogens with zero attached hydrogens (tertiary/aromatic N) is 3. The van der Waals surface area contributed by atoms with Gasteiger partial charge in [-0.2, -0.15) is 0 Å². The topological polar surface area (TPSA) is 51.8 Å². The Labute approximate surface area is 327 Å². The molecular formula is C51H31N3OS. The minimum absolute atomic E-state index is 0.641. The number of furan rings is 1. The zero-order chi connectivity index (χ0) is 37.0. The van der Waals surface area contributed by atoms with Crippen LogP contribution in [-0.4, -0.2) is 15.0 Å². The van der Waals surface area contributed by atoms with Gasteiger partial charge in [0.15, 0.2) is 17.5 Å². The molecular weight excluding hydrogens is 703 g/mol. The number of aromatic nitrogens is 3. The summed E-state index contributed by atoms with van der Waals surface area (Å²) in [5.41, 5.74) is 11.5. The molecule has 4 nitrogen and oxygen atoms in total. The van der Waals surface area contributed by atoms with Crippen LogP contribution in [0.3, 0.4) is 0 Å². The average Bonchev–Trinajstić information content (AvgIpc) is 3.85. The molecule has 0 aliphatic heterocycles. The highest BCUT2D eigenvalue weighted by Crippen LogP contribution is 2.44. The molecule has 8 aromatic carbocycles. The molecule has 0 fully saturated rings. The average molecular weight is 734 g/mol. The molecule has 0 atom stereocenters. The number of hydrogen-bond acceptors (Lipinski definition) is 5. The van der Waals surface area contributed by atoms with Gasteiger partial charge in [0.1, 0.15) is 11.2 Å². The highest BCUT2D eigenvalue weighted by molar-refractivity contribution is 7.26. The van der Waals surface area contributed by atoms with E-state index in [0.717, 1.165) is 71.8 Å². The molecule has 0 N–H and O–H groups in total. The van der Waals surface area contributed by atoms with E-state index in [0.29, 0.717) is 17.5 Å². The molecule has 3 aromatic heterocycles. The van der Waals surface area contributed by atoms with Gasteiger partial charge >= 0.3 is 0 Å². The maximum absolute atomic E-state index is 6.47. The van der Waals surface area contributed by atoms with Crippen molar-refractivity contribution in [3.63, 3.8) is 0 Å². The molecule has 0 bridgehead atoms. The Hall–Kier alpha value is -7.21. The van der Waals surface area contributed by atoms with E-state index in [4.69, 9.17) is 19.4 Å². The highest BCUT2D eigenvalue weighted by atomic mass is 32.1. The summed E-state index contributed by atoms with van der Waals surface area (Å²) < 4.78 is 8.85. The quantitative estimate of drug-likeness (QED) is 0.171. The summed E-state index contributed by atoms with van der Waals surface area (Å²) in [5.74, 6) is 1.94. The fourth-order valence-electron chi connectivity index (χ4n) is 7.84. The maximum atomic E-state index is 6.47. The van der Waals surface area contributed by atoms with Crippen LogP contribution in [0.2, 0.25) is 0 Å². The Balaban J connectivity index is 1.05. The molecule has 3 heterocycles. The van der Waals surface area contributed by atoms with E-state index in [9.17, 15) is 0 Å². The van der Waals surface area contributed by atoms with Crippen molar-refractivity contribution in [2.75, 3.05) is 0 Å². The summed E-state index contributed by atoms with van der Waals surface area (Å²) in [6.45, 7) is 0. The lowest BCUT2D eigenvalue weighted by Crippen LogP contribution is -2.00. The van der Waals surface area contributed by atoms with Crippen molar-refractivity contribution < 1.29 is 4.42 Å². The van der Waals surface area contributed by atoms with E-state index in [1.54, 1.807) is 11.3 Å². The third-order valence-electron chi connectivity index (χ3n) is 10.6. The number of hydrogen-bond donors (Lipinski definition) is 0. The van der Waals surface area contributed by atoms with Crippen LogP contribution in [0.4, 0.5) is 0 Å². The first-order valence-electron chi connectivity index (χ1n) is 18.7. The minimum Gasteiger partial charge on any atom is -0.456 e. The normalized spacial score (nSPS) is 11.6. The van der Waals surface area contributed by atoms with E-state index < -0.39 is 0 Å². The standard InChI is InChI=1S/C51H31N3OS/c1-4-13-32(14-5-1)33-23-25-36(26-24-33)50-52-49(35-17-8-3-9-18-35)53-51(54-50)41-20-12-22-45-48(41)40-28-27-37(31-46(40)56-45)38-29-42(34-15-6-2-7-16-34)47-39-19-10-11-21-43(39)55-44(47)30-38/h1-31H. The number of para-hydroxylation sites is 1. The maximum Gasteiger partial charge on any atom is 0.164 e. The van der Waals surface area contributed by atoms with Crippen LogP contribution in [0, 0.1) is 0 Å². The van der Waals surface area contributed by atoms with Crippen molar-refractivity contribution in [1.82, 2.24) is 15.0 Å². The summed E-state index contributed by atoms with van der Waals surface area (Å²) in [7, 11) is 0. The van der Waals surface area contributed by atoms with Crippen LogP contribution < -0.4 is 0 Å². The third-order valence-corrected chi connectivity index (χ3v) is 11.7. The van der Waals surface area contributed by atoms with Gasteiger partial charge in [0.2, 0.25) is 0 Å². The van der Waals surface area contributed by atoms with Crippen LogP contribution in [-0.2, 0) is 0 Å². The molecule has 0 unspecified atom stereocenters. The van der Waals surface area contributed by atoms with Gasteiger partial charge in [-0.05, 0) is 63.7 Å². The van der Waals surface area contributed by atoms with Crippen molar-refractivity contribution in [1.29, 1.82) is 0 Å². The Bertz CT molecular complexity index is 3230. The summed E-state index contributed by atoms with van der Waals surface area (Å²) in [6.07, 6.45) is 0. The predicted octanol–water partition coefficient (Wildman–Crippen LogP) is 14.1. The van der Waals surface area contributed by atoms with Crippen LogP contribution in [0.25, 0.3) is 110 Å². The molecule has 0 saturated carbocycles. The monoisotopic (exact) mass is 733 g/mol. The first-order chi connectivity index (χ1) is 27.7.